The minimum atomic E-state index is -0.518. The van der Waals surface area contributed by atoms with Gasteiger partial charge in [-0.05, 0) is 37.1 Å². The summed E-state index contributed by atoms with van der Waals surface area (Å²) in [5, 5.41) is 9.43. The predicted octanol–water partition coefficient (Wildman–Crippen LogP) is 2.76. The molecule has 0 fully saturated rings. The van der Waals surface area contributed by atoms with Gasteiger partial charge in [0.1, 0.15) is 17.5 Å². The maximum Gasteiger partial charge on any atom is 0.149 e. The first kappa shape index (κ1) is 13.0. The molecule has 0 radical (unpaired) electrons. The maximum absolute atomic E-state index is 9.43. The van der Waals surface area contributed by atoms with E-state index in [-0.39, 0.29) is 0 Å². The average Bonchev–Trinajstić information content (AvgIpc) is 2.44. The van der Waals surface area contributed by atoms with Gasteiger partial charge in [0.05, 0.1) is 13.2 Å². The fraction of sp³-hybridized carbons (Fsp3) is 0.267. The molecule has 0 aliphatic rings. The first-order chi connectivity index (χ1) is 9.17. The Kier molecular flexibility index (Phi) is 3.76. The predicted molar refractivity (Wildman–Crippen MR) is 72.0 cm³/mol. The number of nitriles is 1. The van der Waals surface area contributed by atoms with Crippen molar-refractivity contribution in [2.24, 2.45) is 0 Å². The average molecular weight is 253 g/mol. The molecule has 1 atom stereocenters. The number of hydrogen-bond donors (Lipinski definition) is 0. The molecule has 4 nitrogen and oxygen atoms in total. The fourth-order valence-electron chi connectivity index (χ4n) is 1.94. The Hall–Kier alpha value is -2.41. The van der Waals surface area contributed by atoms with Crippen LogP contribution in [0, 0.1) is 25.2 Å². The van der Waals surface area contributed by atoms with E-state index in [0.29, 0.717) is 11.6 Å². The van der Waals surface area contributed by atoms with Gasteiger partial charge in [-0.3, -0.25) is 0 Å². The zero-order valence-electron chi connectivity index (χ0n) is 11.2. The van der Waals surface area contributed by atoms with Crippen LogP contribution in [-0.2, 0) is 0 Å². The van der Waals surface area contributed by atoms with Crippen LogP contribution in [0.4, 0.5) is 0 Å². The highest BCUT2D eigenvalue weighted by Crippen LogP contribution is 2.32. The van der Waals surface area contributed by atoms with Crippen molar-refractivity contribution in [3.8, 4) is 11.8 Å². The Morgan fingerprint density at radius 2 is 1.79 bits per heavy atom. The summed E-state index contributed by atoms with van der Waals surface area (Å²) in [7, 11) is 1.61. The molecule has 1 unspecified atom stereocenters. The van der Waals surface area contributed by atoms with Crippen molar-refractivity contribution < 1.29 is 4.74 Å². The maximum atomic E-state index is 9.43. The van der Waals surface area contributed by atoms with Crippen molar-refractivity contribution in [1.82, 2.24) is 9.97 Å². The van der Waals surface area contributed by atoms with E-state index in [4.69, 9.17) is 4.74 Å². The lowest BCUT2D eigenvalue weighted by Gasteiger charge is -2.15. The van der Waals surface area contributed by atoms with Gasteiger partial charge < -0.3 is 4.74 Å². The summed E-state index contributed by atoms with van der Waals surface area (Å²) in [5.41, 5.74) is 3.05. The van der Waals surface area contributed by atoms with Crippen molar-refractivity contribution in [2.75, 3.05) is 7.11 Å². The standard InChI is InChI=1S/C15H15N3O/c1-10-7-12(14(19-3)8-11(10)2)13(9-16)15-17-5-4-6-18-15/h4-8,13H,1-3H3. The van der Waals surface area contributed by atoms with Gasteiger partial charge in [0.25, 0.3) is 0 Å². The summed E-state index contributed by atoms with van der Waals surface area (Å²) in [5.74, 6) is 0.670. The molecule has 96 valence electrons. The Morgan fingerprint density at radius 3 is 2.37 bits per heavy atom. The molecule has 0 spiro atoms. The molecule has 0 aliphatic carbocycles. The minimum absolute atomic E-state index is 0.492. The molecule has 0 N–H and O–H groups in total. The van der Waals surface area contributed by atoms with Gasteiger partial charge >= 0.3 is 0 Å². The van der Waals surface area contributed by atoms with E-state index >= 15 is 0 Å². The molecule has 2 rings (SSSR count). The molecular weight excluding hydrogens is 238 g/mol. The second-order valence-electron chi connectivity index (χ2n) is 4.35. The number of nitrogens with zero attached hydrogens (tertiary/aromatic N) is 3. The van der Waals surface area contributed by atoms with E-state index < -0.39 is 5.92 Å². The molecule has 1 aromatic carbocycles. The highest BCUT2D eigenvalue weighted by Gasteiger charge is 2.21. The van der Waals surface area contributed by atoms with Gasteiger partial charge in [0.15, 0.2) is 0 Å². The Labute approximate surface area is 112 Å². The SMILES string of the molecule is COc1cc(C)c(C)cc1C(C#N)c1ncccn1. The van der Waals surface area contributed by atoms with Crippen LogP contribution < -0.4 is 4.74 Å². The number of aryl methyl sites for hydroxylation is 2. The van der Waals surface area contributed by atoms with Gasteiger partial charge in [0.2, 0.25) is 0 Å². The van der Waals surface area contributed by atoms with E-state index in [0.717, 1.165) is 16.7 Å². The van der Waals surface area contributed by atoms with Gasteiger partial charge in [-0.1, -0.05) is 6.07 Å². The Balaban J connectivity index is 2.56. The summed E-state index contributed by atoms with van der Waals surface area (Å²) in [4.78, 5) is 8.33. The van der Waals surface area contributed by atoms with Gasteiger partial charge in [-0.15, -0.1) is 0 Å². The first-order valence-corrected chi connectivity index (χ1v) is 5.99. The van der Waals surface area contributed by atoms with E-state index in [1.54, 1.807) is 25.6 Å². The topological polar surface area (TPSA) is 58.8 Å². The number of hydrogen-bond acceptors (Lipinski definition) is 4. The molecule has 19 heavy (non-hydrogen) atoms. The van der Waals surface area contributed by atoms with E-state index in [9.17, 15) is 5.26 Å². The molecule has 0 amide bonds. The molecule has 0 saturated heterocycles. The highest BCUT2D eigenvalue weighted by atomic mass is 16.5. The minimum Gasteiger partial charge on any atom is -0.496 e. The monoisotopic (exact) mass is 253 g/mol. The van der Waals surface area contributed by atoms with Crippen LogP contribution in [0.1, 0.15) is 28.4 Å². The molecule has 0 bridgehead atoms. The molecule has 0 aliphatic heterocycles. The lowest BCUT2D eigenvalue weighted by atomic mass is 9.94. The zero-order valence-corrected chi connectivity index (χ0v) is 11.2. The quantitative estimate of drug-likeness (QED) is 0.844. The van der Waals surface area contributed by atoms with Crippen LogP contribution in [-0.4, -0.2) is 17.1 Å². The molecule has 2 aromatic rings. The van der Waals surface area contributed by atoms with Crippen LogP contribution in [0.5, 0.6) is 5.75 Å². The lowest BCUT2D eigenvalue weighted by molar-refractivity contribution is 0.408. The van der Waals surface area contributed by atoms with Crippen LogP contribution in [0.3, 0.4) is 0 Å². The van der Waals surface area contributed by atoms with Crippen molar-refractivity contribution in [2.45, 2.75) is 19.8 Å². The van der Waals surface area contributed by atoms with Crippen molar-refractivity contribution >= 4 is 0 Å². The molecule has 4 heteroatoms. The fourth-order valence-corrected chi connectivity index (χ4v) is 1.94. The smallest absolute Gasteiger partial charge is 0.149 e. The van der Waals surface area contributed by atoms with Gasteiger partial charge in [0, 0.05) is 18.0 Å². The normalized spacial score (nSPS) is 11.7. The summed E-state index contributed by atoms with van der Waals surface area (Å²) in [6, 6.07) is 7.90. The zero-order chi connectivity index (χ0) is 13.8. The third-order valence-corrected chi connectivity index (χ3v) is 3.13. The van der Waals surface area contributed by atoms with Crippen LogP contribution in [0.15, 0.2) is 30.6 Å². The number of methoxy groups -OCH3 is 1. The number of rotatable bonds is 3. The number of ether oxygens (including phenoxy) is 1. The van der Waals surface area contributed by atoms with Crippen LogP contribution in [0.25, 0.3) is 0 Å². The first-order valence-electron chi connectivity index (χ1n) is 5.99. The van der Waals surface area contributed by atoms with E-state index in [2.05, 4.69) is 16.0 Å². The van der Waals surface area contributed by atoms with Crippen molar-refractivity contribution in [3.05, 3.63) is 53.1 Å². The van der Waals surface area contributed by atoms with Crippen LogP contribution in [0.2, 0.25) is 0 Å². The van der Waals surface area contributed by atoms with Gasteiger partial charge in [-0.2, -0.15) is 5.26 Å². The van der Waals surface area contributed by atoms with E-state index in [1.807, 2.05) is 26.0 Å². The molecule has 0 saturated carbocycles. The second kappa shape index (κ2) is 5.49. The third-order valence-electron chi connectivity index (χ3n) is 3.13. The summed E-state index contributed by atoms with van der Waals surface area (Å²) >= 11 is 0. The second-order valence-corrected chi connectivity index (χ2v) is 4.35. The number of benzene rings is 1. The highest BCUT2D eigenvalue weighted by molar-refractivity contribution is 5.47. The van der Waals surface area contributed by atoms with Crippen LogP contribution >= 0.6 is 0 Å². The Morgan fingerprint density at radius 1 is 1.16 bits per heavy atom. The molecule has 1 aromatic heterocycles. The summed E-state index contributed by atoms with van der Waals surface area (Å²) in [6.45, 7) is 4.03. The number of aromatic nitrogens is 2. The molecule has 1 heterocycles. The van der Waals surface area contributed by atoms with E-state index in [1.165, 1.54) is 0 Å². The largest absolute Gasteiger partial charge is 0.496 e. The van der Waals surface area contributed by atoms with Crippen molar-refractivity contribution in [3.63, 3.8) is 0 Å². The lowest BCUT2D eigenvalue weighted by Crippen LogP contribution is -2.06. The third kappa shape index (κ3) is 2.55. The summed E-state index contributed by atoms with van der Waals surface area (Å²) in [6.07, 6.45) is 3.28. The van der Waals surface area contributed by atoms with Gasteiger partial charge in [-0.25, -0.2) is 9.97 Å². The molecular formula is C15H15N3O. The van der Waals surface area contributed by atoms with Crippen molar-refractivity contribution in [1.29, 1.82) is 5.26 Å². The summed E-state index contributed by atoms with van der Waals surface area (Å²) < 4.78 is 5.38. The Bertz CT molecular complexity index is 617.